The largest absolute Gasteiger partial charge is 0.478 e. The molecule has 7 heteroatoms. The van der Waals surface area contributed by atoms with Gasteiger partial charge in [-0.05, 0) is 55.0 Å². The normalized spacial score (nSPS) is 16.5. The van der Waals surface area contributed by atoms with E-state index < -0.39 is 5.97 Å². The Morgan fingerprint density at radius 1 is 1.14 bits per heavy atom. The summed E-state index contributed by atoms with van der Waals surface area (Å²) in [5, 5.41) is 11.9. The van der Waals surface area contributed by atoms with Gasteiger partial charge in [-0.3, -0.25) is 9.59 Å². The van der Waals surface area contributed by atoms with Gasteiger partial charge in [-0.2, -0.15) is 0 Å². The molecule has 2 aromatic rings. The van der Waals surface area contributed by atoms with Crippen molar-refractivity contribution < 1.29 is 19.5 Å². The van der Waals surface area contributed by atoms with Crippen LogP contribution in [0.1, 0.15) is 56.1 Å². The van der Waals surface area contributed by atoms with Gasteiger partial charge in [-0.15, -0.1) is 0 Å². The SMILES string of the molecule is CN(C)C(=O)c1[nH]c(C=C2C(=O)Nc3cc(C(=O)O)ccc32)c2c1CCCC2. The van der Waals surface area contributed by atoms with Crippen molar-refractivity contribution in [1.29, 1.82) is 0 Å². The van der Waals surface area contributed by atoms with Gasteiger partial charge in [0, 0.05) is 31.0 Å². The Balaban J connectivity index is 1.81. The molecule has 1 aliphatic carbocycles. The molecule has 0 saturated carbocycles. The smallest absolute Gasteiger partial charge is 0.335 e. The standard InChI is InChI=1S/C21H21N3O4/c1-24(2)20(26)18-14-6-4-3-5-12(14)17(22-18)10-15-13-8-7-11(21(27)28)9-16(13)23-19(15)25/h7-10,22H,3-6H2,1-2H3,(H,23,25)(H,27,28). The maximum atomic E-state index is 12.6. The lowest BCUT2D eigenvalue weighted by atomic mass is 9.91. The molecule has 2 aliphatic rings. The molecule has 1 aliphatic heterocycles. The second kappa shape index (κ2) is 6.67. The Bertz CT molecular complexity index is 1050. The fraction of sp³-hybridized carbons (Fsp3) is 0.286. The van der Waals surface area contributed by atoms with Gasteiger partial charge in [0.2, 0.25) is 0 Å². The molecular weight excluding hydrogens is 358 g/mol. The molecule has 0 saturated heterocycles. The molecule has 1 aromatic heterocycles. The van der Waals surface area contributed by atoms with Crippen LogP contribution < -0.4 is 5.32 Å². The van der Waals surface area contributed by atoms with Crippen LogP contribution in [0.2, 0.25) is 0 Å². The van der Waals surface area contributed by atoms with Gasteiger partial charge in [0.1, 0.15) is 5.69 Å². The van der Waals surface area contributed by atoms with Gasteiger partial charge < -0.3 is 20.3 Å². The number of aromatic amines is 1. The minimum atomic E-state index is -1.04. The molecule has 7 nitrogen and oxygen atoms in total. The van der Waals surface area contributed by atoms with Crippen LogP contribution in [-0.2, 0) is 17.6 Å². The van der Waals surface area contributed by atoms with Crippen LogP contribution >= 0.6 is 0 Å². The first-order chi connectivity index (χ1) is 13.4. The molecule has 3 N–H and O–H groups in total. The third-order valence-electron chi connectivity index (χ3n) is 5.31. The number of carbonyl (C=O) groups excluding carboxylic acids is 2. The van der Waals surface area contributed by atoms with Crippen LogP contribution in [0, 0.1) is 0 Å². The molecule has 0 fully saturated rings. The quantitative estimate of drug-likeness (QED) is 0.714. The molecular formula is C21H21N3O4. The summed E-state index contributed by atoms with van der Waals surface area (Å²) in [5.74, 6) is -1.40. The van der Waals surface area contributed by atoms with Crippen molar-refractivity contribution in [2.75, 3.05) is 19.4 Å². The van der Waals surface area contributed by atoms with E-state index >= 15 is 0 Å². The summed E-state index contributed by atoms with van der Waals surface area (Å²) in [4.78, 5) is 41.0. The predicted molar refractivity (Wildman–Crippen MR) is 105 cm³/mol. The van der Waals surface area contributed by atoms with Gasteiger partial charge in [0.15, 0.2) is 0 Å². The molecule has 0 radical (unpaired) electrons. The van der Waals surface area contributed by atoms with Crippen LogP contribution in [0.3, 0.4) is 0 Å². The van der Waals surface area contributed by atoms with Crippen molar-refractivity contribution in [3.8, 4) is 0 Å². The Hall–Kier alpha value is -3.35. The number of amides is 2. The van der Waals surface area contributed by atoms with E-state index in [1.54, 1.807) is 31.1 Å². The topological polar surface area (TPSA) is 103 Å². The number of nitrogens with zero attached hydrogens (tertiary/aromatic N) is 1. The summed E-state index contributed by atoms with van der Waals surface area (Å²) < 4.78 is 0. The molecule has 0 spiro atoms. The fourth-order valence-electron chi connectivity index (χ4n) is 3.91. The highest BCUT2D eigenvalue weighted by atomic mass is 16.4. The molecule has 2 amide bonds. The van der Waals surface area contributed by atoms with E-state index in [9.17, 15) is 14.4 Å². The second-order valence-electron chi connectivity index (χ2n) is 7.36. The number of hydrogen-bond acceptors (Lipinski definition) is 3. The number of benzene rings is 1. The molecule has 0 unspecified atom stereocenters. The maximum Gasteiger partial charge on any atom is 0.335 e. The van der Waals surface area contributed by atoms with Gasteiger partial charge in [0.05, 0.1) is 11.1 Å². The maximum absolute atomic E-state index is 12.6. The molecule has 4 rings (SSSR count). The van der Waals surface area contributed by atoms with Crippen LogP contribution in [0.15, 0.2) is 18.2 Å². The second-order valence-corrected chi connectivity index (χ2v) is 7.36. The number of aromatic nitrogens is 1. The third-order valence-corrected chi connectivity index (χ3v) is 5.31. The number of hydrogen-bond donors (Lipinski definition) is 3. The van der Waals surface area contributed by atoms with Crippen molar-refractivity contribution in [2.24, 2.45) is 0 Å². The number of carboxylic acids is 1. The van der Waals surface area contributed by atoms with Gasteiger partial charge in [-0.1, -0.05) is 6.07 Å². The molecule has 2 heterocycles. The zero-order valence-electron chi connectivity index (χ0n) is 15.8. The molecule has 144 valence electrons. The van der Waals surface area contributed by atoms with Gasteiger partial charge in [0.25, 0.3) is 11.8 Å². The van der Waals surface area contributed by atoms with Crippen LogP contribution in [-0.4, -0.2) is 46.9 Å². The number of carboxylic acid groups (broad SMARTS) is 1. The highest BCUT2D eigenvalue weighted by molar-refractivity contribution is 6.35. The highest BCUT2D eigenvalue weighted by Crippen LogP contribution is 2.36. The summed E-state index contributed by atoms with van der Waals surface area (Å²) in [7, 11) is 3.44. The summed E-state index contributed by atoms with van der Waals surface area (Å²) >= 11 is 0. The monoisotopic (exact) mass is 379 g/mol. The number of fused-ring (bicyclic) bond motifs is 2. The average Bonchev–Trinajstić information content (AvgIpc) is 3.19. The first-order valence-electron chi connectivity index (χ1n) is 9.23. The predicted octanol–water partition coefficient (Wildman–Crippen LogP) is 2.79. The highest BCUT2D eigenvalue weighted by Gasteiger charge is 2.28. The van der Waals surface area contributed by atoms with E-state index in [-0.39, 0.29) is 17.4 Å². The Morgan fingerprint density at radius 3 is 2.54 bits per heavy atom. The summed E-state index contributed by atoms with van der Waals surface area (Å²) in [6.07, 6.45) is 5.56. The van der Waals surface area contributed by atoms with Crippen molar-refractivity contribution in [2.45, 2.75) is 25.7 Å². The van der Waals surface area contributed by atoms with E-state index in [1.165, 1.54) is 12.1 Å². The van der Waals surface area contributed by atoms with Crippen molar-refractivity contribution in [3.63, 3.8) is 0 Å². The molecule has 28 heavy (non-hydrogen) atoms. The van der Waals surface area contributed by atoms with Crippen LogP contribution in [0.4, 0.5) is 5.69 Å². The number of carbonyl (C=O) groups is 3. The van der Waals surface area contributed by atoms with E-state index in [2.05, 4.69) is 10.3 Å². The molecule has 0 bridgehead atoms. The van der Waals surface area contributed by atoms with Crippen LogP contribution in [0.5, 0.6) is 0 Å². The van der Waals surface area contributed by atoms with Gasteiger partial charge in [-0.25, -0.2) is 4.79 Å². The van der Waals surface area contributed by atoms with Gasteiger partial charge >= 0.3 is 5.97 Å². The van der Waals surface area contributed by atoms with E-state index in [0.717, 1.165) is 42.5 Å². The van der Waals surface area contributed by atoms with E-state index in [4.69, 9.17) is 5.11 Å². The van der Waals surface area contributed by atoms with E-state index in [0.29, 0.717) is 22.5 Å². The Kier molecular flexibility index (Phi) is 4.30. The van der Waals surface area contributed by atoms with Crippen molar-refractivity contribution in [1.82, 2.24) is 9.88 Å². The third kappa shape index (κ3) is 2.89. The summed E-state index contributed by atoms with van der Waals surface area (Å²) in [6, 6.07) is 4.59. The Morgan fingerprint density at radius 2 is 1.86 bits per heavy atom. The van der Waals surface area contributed by atoms with Crippen molar-refractivity contribution in [3.05, 3.63) is 51.8 Å². The minimum absolute atomic E-state index is 0.0785. The Labute approximate surface area is 162 Å². The number of anilines is 1. The first kappa shape index (κ1) is 18.0. The zero-order valence-corrected chi connectivity index (χ0v) is 15.8. The minimum Gasteiger partial charge on any atom is -0.478 e. The fourth-order valence-corrected chi connectivity index (χ4v) is 3.91. The number of aromatic carboxylic acids is 1. The molecule has 1 aromatic carbocycles. The number of H-pyrrole nitrogens is 1. The lowest BCUT2D eigenvalue weighted by Crippen LogP contribution is -2.23. The van der Waals surface area contributed by atoms with E-state index in [1.807, 2.05) is 0 Å². The lowest BCUT2D eigenvalue weighted by molar-refractivity contribution is -0.110. The number of nitrogens with one attached hydrogen (secondary N) is 2. The molecule has 0 atom stereocenters. The van der Waals surface area contributed by atoms with Crippen LogP contribution in [0.25, 0.3) is 11.6 Å². The zero-order chi connectivity index (χ0) is 20.0. The summed E-state index contributed by atoms with van der Waals surface area (Å²) in [6.45, 7) is 0. The first-order valence-corrected chi connectivity index (χ1v) is 9.23. The lowest BCUT2D eigenvalue weighted by Gasteiger charge is -2.15. The summed E-state index contributed by atoms with van der Waals surface area (Å²) in [5.41, 5.74) is 5.23. The average molecular weight is 379 g/mol. The van der Waals surface area contributed by atoms with Crippen molar-refractivity contribution >= 4 is 35.1 Å². The number of rotatable bonds is 3.